The van der Waals surface area contributed by atoms with E-state index in [1.165, 1.54) is 0 Å². The van der Waals surface area contributed by atoms with Gasteiger partial charge in [0, 0.05) is 17.5 Å². The Morgan fingerprint density at radius 3 is 2.78 bits per heavy atom. The molecule has 0 aromatic heterocycles. The second-order valence-corrected chi connectivity index (χ2v) is 9.98. The second-order valence-electron chi connectivity index (χ2n) is 8.99. The Labute approximate surface area is 215 Å². The Hall–Kier alpha value is -3.19. The van der Waals surface area contributed by atoms with Crippen molar-refractivity contribution in [2.24, 2.45) is 0 Å². The summed E-state index contributed by atoms with van der Waals surface area (Å²) in [5, 5.41) is 9.08. The Balaban J connectivity index is 1.47. The first kappa shape index (κ1) is 25.9. The summed E-state index contributed by atoms with van der Waals surface area (Å²) in [7, 11) is 0. The van der Waals surface area contributed by atoms with Crippen molar-refractivity contribution in [1.82, 2.24) is 0 Å². The van der Waals surface area contributed by atoms with Crippen LogP contribution in [-0.2, 0) is 11.4 Å². The molecule has 0 radical (unpaired) electrons. The lowest BCUT2D eigenvalue weighted by atomic mass is 9.94. The van der Waals surface area contributed by atoms with Gasteiger partial charge in [0.1, 0.15) is 18.1 Å². The number of carboxylic acid groups (broad SMARTS) is 1. The van der Waals surface area contributed by atoms with Crippen molar-refractivity contribution < 1.29 is 28.5 Å². The van der Waals surface area contributed by atoms with Crippen LogP contribution in [0.2, 0.25) is 0 Å². The number of hydrogen-bond donors (Lipinski definition) is 1. The van der Waals surface area contributed by atoms with Gasteiger partial charge in [-0.2, -0.15) is 11.8 Å². The average Bonchev–Trinajstić information content (AvgIpc) is 3.25. The van der Waals surface area contributed by atoms with Crippen molar-refractivity contribution in [2.75, 3.05) is 25.2 Å². The maximum Gasteiger partial charge on any atom is 0.304 e. The van der Waals surface area contributed by atoms with Crippen LogP contribution in [0.5, 0.6) is 17.2 Å². The number of aliphatic carboxylic acids is 1. The first-order valence-electron chi connectivity index (χ1n) is 12.0. The smallest absolute Gasteiger partial charge is 0.304 e. The largest absolute Gasteiger partial charge is 0.492 e. The predicted octanol–water partition coefficient (Wildman–Crippen LogP) is 6.77. The lowest BCUT2D eigenvalue weighted by Gasteiger charge is -2.16. The molecule has 5 nitrogen and oxygen atoms in total. The van der Waals surface area contributed by atoms with E-state index in [1.807, 2.05) is 55.6 Å². The van der Waals surface area contributed by atoms with Gasteiger partial charge in [-0.1, -0.05) is 24.3 Å². The maximum atomic E-state index is 15.1. The highest BCUT2D eigenvalue weighted by Crippen LogP contribution is 2.39. The van der Waals surface area contributed by atoms with Gasteiger partial charge in [0.15, 0.2) is 11.6 Å². The first-order chi connectivity index (χ1) is 17.4. The van der Waals surface area contributed by atoms with Crippen molar-refractivity contribution in [3.63, 3.8) is 0 Å². The van der Waals surface area contributed by atoms with E-state index in [4.69, 9.17) is 19.3 Å². The molecule has 0 aliphatic carbocycles. The van der Waals surface area contributed by atoms with E-state index in [-0.39, 0.29) is 18.2 Å². The standard InChI is InChI=1S/C29H31FO5S/c1-18-12-26(33-10-5-11-36-3)29(30)19(2)28(18)21-7-4-6-20(13-21)16-34-23-8-9-24-22(14-27(31)32)17-35-25(24)15-23/h4,6-9,12-13,15,22H,5,10-11,14,16-17H2,1-3H3,(H,31,32). The fraction of sp³-hybridized carbons (Fsp3) is 0.345. The van der Waals surface area contributed by atoms with Gasteiger partial charge >= 0.3 is 5.97 Å². The molecule has 1 aliphatic rings. The highest BCUT2D eigenvalue weighted by atomic mass is 32.2. The molecular weight excluding hydrogens is 479 g/mol. The Bertz CT molecular complexity index is 1240. The fourth-order valence-corrected chi connectivity index (χ4v) is 4.97. The van der Waals surface area contributed by atoms with Crippen LogP contribution in [0.3, 0.4) is 0 Å². The van der Waals surface area contributed by atoms with Crippen molar-refractivity contribution in [1.29, 1.82) is 0 Å². The van der Waals surface area contributed by atoms with Crippen LogP contribution in [0, 0.1) is 19.7 Å². The number of carboxylic acids is 1. The van der Waals surface area contributed by atoms with E-state index in [0.29, 0.717) is 42.6 Å². The van der Waals surface area contributed by atoms with Crippen LogP contribution in [0.1, 0.15) is 41.0 Å². The summed E-state index contributed by atoms with van der Waals surface area (Å²) in [6, 6.07) is 15.2. The van der Waals surface area contributed by atoms with Gasteiger partial charge in [0.25, 0.3) is 0 Å². The molecule has 0 amide bonds. The van der Waals surface area contributed by atoms with Crippen molar-refractivity contribution in [2.45, 2.75) is 39.2 Å². The SMILES string of the molecule is CSCCCOc1cc(C)c(-c2cccc(COc3ccc4c(c3)OCC4CC(=O)O)c2)c(C)c1F. The van der Waals surface area contributed by atoms with Gasteiger partial charge in [-0.05, 0) is 78.3 Å². The molecular formula is C29H31FO5S. The molecule has 1 atom stereocenters. The van der Waals surface area contributed by atoms with Gasteiger partial charge in [0.05, 0.1) is 19.6 Å². The first-order valence-corrected chi connectivity index (χ1v) is 13.4. The molecule has 3 aromatic rings. The van der Waals surface area contributed by atoms with E-state index >= 15 is 4.39 Å². The Kier molecular flexibility index (Phi) is 8.41. The summed E-state index contributed by atoms with van der Waals surface area (Å²) in [5.74, 6) is 1.31. The molecule has 4 rings (SSSR count). The van der Waals surface area contributed by atoms with Crippen LogP contribution in [0.4, 0.5) is 4.39 Å². The monoisotopic (exact) mass is 510 g/mol. The van der Waals surface area contributed by atoms with Crippen molar-refractivity contribution in [3.8, 4) is 28.4 Å². The van der Waals surface area contributed by atoms with E-state index in [9.17, 15) is 4.79 Å². The van der Waals surface area contributed by atoms with Gasteiger partial charge in [-0.15, -0.1) is 0 Å². The molecule has 190 valence electrons. The number of aryl methyl sites for hydroxylation is 1. The van der Waals surface area contributed by atoms with Gasteiger partial charge < -0.3 is 19.3 Å². The number of hydrogen-bond acceptors (Lipinski definition) is 5. The number of ether oxygens (including phenoxy) is 3. The third kappa shape index (κ3) is 5.95. The van der Waals surface area contributed by atoms with Crippen LogP contribution in [0.25, 0.3) is 11.1 Å². The minimum absolute atomic E-state index is 0.0462. The number of carbonyl (C=O) groups is 1. The molecule has 1 unspecified atom stereocenters. The third-order valence-corrected chi connectivity index (χ3v) is 7.02. The lowest BCUT2D eigenvalue weighted by molar-refractivity contribution is -0.137. The number of benzene rings is 3. The molecule has 1 N–H and O–H groups in total. The van der Waals surface area contributed by atoms with Gasteiger partial charge in [-0.3, -0.25) is 4.79 Å². The zero-order valence-electron chi connectivity index (χ0n) is 20.8. The zero-order valence-corrected chi connectivity index (χ0v) is 21.6. The van der Waals surface area contributed by atoms with Crippen LogP contribution in [0.15, 0.2) is 48.5 Å². The van der Waals surface area contributed by atoms with E-state index in [1.54, 1.807) is 24.8 Å². The zero-order chi connectivity index (χ0) is 25.7. The summed E-state index contributed by atoms with van der Waals surface area (Å²) in [4.78, 5) is 11.1. The van der Waals surface area contributed by atoms with Crippen molar-refractivity contribution >= 4 is 17.7 Å². The average molecular weight is 511 g/mol. The van der Waals surface area contributed by atoms with Crippen LogP contribution in [-0.4, -0.2) is 36.3 Å². The number of halogens is 1. The molecule has 0 saturated carbocycles. The van der Waals surface area contributed by atoms with Gasteiger partial charge in [0.2, 0.25) is 0 Å². The summed E-state index contributed by atoms with van der Waals surface area (Å²) < 4.78 is 32.5. The minimum atomic E-state index is -0.838. The normalized spacial score (nSPS) is 14.3. The fourth-order valence-electron chi connectivity index (χ4n) is 4.57. The van der Waals surface area contributed by atoms with Crippen LogP contribution < -0.4 is 14.2 Å². The number of fused-ring (bicyclic) bond motifs is 1. The number of rotatable bonds is 11. The van der Waals surface area contributed by atoms with Gasteiger partial charge in [-0.25, -0.2) is 4.39 Å². The molecule has 36 heavy (non-hydrogen) atoms. The predicted molar refractivity (Wildman–Crippen MR) is 141 cm³/mol. The molecule has 0 fully saturated rings. The molecule has 3 aromatic carbocycles. The lowest BCUT2D eigenvalue weighted by Crippen LogP contribution is -2.07. The Morgan fingerprint density at radius 1 is 1.17 bits per heavy atom. The van der Waals surface area contributed by atoms with E-state index < -0.39 is 5.97 Å². The van der Waals surface area contributed by atoms with Crippen LogP contribution >= 0.6 is 11.8 Å². The third-order valence-electron chi connectivity index (χ3n) is 6.32. The molecule has 7 heteroatoms. The molecule has 1 heterocycles. The molecule has 1 aliphatic heterocycles. The summed E-state index contributed by atoms with van der Waals surface area (Å²) in [6.45, 7) is 4.96. The summed E-state index contributed by atoms with van der Waals surface area (Å²) in [6.07, 6.45) is 2.97. The highest BCUT2D eigenvalue weighted by molar-refractivity contribution is 7.98. The summed E-state index contributed by atoms with van der Waals surface area (Å²) >= 11 is 1.75. The van der Waals surface area contributed by atoms with E-state index in [2.05, 4.69) is 0 Å². The molecule has 0 saturated heterocycles. The quantitative estimate of drug-likeness (QED) is 0.287. The number of thioether (sulfide) groups is 1. The highest BCUT2D eigenvalue weighted by Gasteiger charge is 2.26. The topological polar surface area (TPSA) is 65.0 Å². The minimum Gasteiger partial charge on any atom is -0.492 e. The molecule has 0 spiro atoms. The van der Waals surface area contributed by atoms with Crippen molar-refractivity contribution in [3.05, 3.63) is 76.6 Å². The Morgan fingerprint density at radius 2 is 2.00 bits per heavy atom. The summed E-state index contributed by atoms with van der Waals surface area (Å²) in [5.41, 5.74) is 5.16. The second kappa shape index (κ2) is 11.7. The maximum absolute atomic E-state index is 15.1. The van der Waals surface area contributed by atoms with E-state index in [0.717, 1.165) is 40.0 Å². The molecule has 0 bridgehead atoms.